The lowest BCUT2D eigenvalue weighted by molar-refractivity contribution is -0.130. The van der Waals surface area contributed by atoms with Gasteiger partial charge in [-0.2, -0.15) is 0 Å². The van der Waals surface area contributed by atoms with Gasteiger partial charge in [0.2, 0.25) is 5.91 Å². The van der Waals surface area contributed by atoms with Crippen molar-refractivity contribution in [3.05, 3.63) is 0 Å². The van der Waals surface area contributed by atoms with Crippen molar-refractivity contribution in [3.8, 4) is 0 Å². The monoisotopic (exact) mass is 217 g/mol. The largest absolute Gasteiger partial charge is 0.379 e. The molecule has 1 unspecified atom stereocenters. The minimum Gasteiger partial charge on any atom is -0.379 e. The molecule has 15 heavy (non-hydrogen) atoms. The Bertz CT molecular complexity index is 171. The van der Waals surface area contributed by atoms with Crippen molar-refractivity contribution >= 4 is 5.91 Å². The second kappa shape index (κ2) is 8.68. The Hall–Kier alpha value is -0.610. The number of ether oxygens (including phenoxy) is 2. The molecule has 4 nitrogen and oxygen atoms in total. The fourth-order valence-electron chi connectivity index (χ4n) is 1.01. The Morgan fingerprint density at radius 1 is 1.27 bits per heavy atom. The molecule has 0 aliphatic carbocycles. The number of hydrogen-bond donors (Lipinski definition) is 1. The highest BCUT2D eigenvalue weighted by Crippen LogP contribution is 1.94. The lowest BCUT2D eigenvalue weighted by Gasteiger charge is -2.10. The summed E-state index contributed by atoms with van der Waals surface area (Å²) in [4.78, 5) is 11.2. The average Bonchev–Trinajstić information content (AvgIpc) is 2.21. The molecule has 0 fully saturated rings. The molecule has 0 saturated heterocycles. The summed E-state index contributed by atoms with van der Waals surface area (Å²) in [6, 6.07) is 0. The zero-order valence-corrected chi connectivity index (χ0v) is 10.2. The third kappa shape index (κ3) is 8.39. The first-order valence-electron chi connectivity index (χ1n) is 5.50. The van der Waals surface area contributed by atoms with E-state index >= 15 is 0 Å². The Morgan fingerprint density at radius 2 is 1.93 bits per heavy atom. The number of carbonyl (C=O) groups excluding carboxylic acids is 1. The van der Waals surface area contributed by atoms with Crippen LogP contribution in [0.3, 0.4) is 0 Å². The molecule has 0 bridgehead atoms. The van der Waals surface area contributed by atoms with Crippen LogP contribution in [0.2, 0.25) is 0 Å². The lowest BCUT2D eigenvalue weighted by atomic mass is 10.3. The summed E-state index contributed by atoms with van der Waals surface area (Å²) in [7, 11) is 1.53. The van der Waals surface area contributed by atoms with E-state index in [1.165, 1.54) is 7.11 Å². The fourth-order valence-corrected chi connectivity index (χ4v) is 1.01. The second-order valence-corrected chi connectivity index (χ2v) is 3.80. The topological polar surface area (TPSA) is 47.6 Å². The van der Waals surface area contributed by atoms with E-state index in [4.69, 9.17) is 9.47 Å². The number of rotatable bonds is 8. The third-order valence-corrected chi connectivity index (χ3v) is 2.04. The van der Waals surface area contributed by atoms with Gasteiger partial charge in [0.05, 0.1) is 6.10 Å². The molecular formula is C11H23NO3. The average molecular weight is 217 g/mol. The van der Waals surface area contributed by atoms with Crippen molar-refractivity contribution in [1.82, 2.24) is 5.32 Å². The molecule has 0 aromatic rings. The Labute approximate surface area is 92.3 Å². The SMILES string of the molecule is COC(C)C(=O)NCCCCOC(C)C. The summed E-state index contributed by atoms with van der Waals surface area (Å²) in [5, 5.41) is 2.80. The van der Waals surface area contributed by atoms with Gasteiger partial charge in [0, 0.05) is 20.3 Å². The van der Waals surface area contributed by atoms with Gasteiger partial charge in [-0.25, -0.2) is 0 Å². The van der Waals surface area contributed by atoms with E-state index in [1.807, 2.05) is 13.8 Å². The van der Waals surface area contributed by atoms with E-state index < -0.39 is 0 Å². The molecular weight excluding hydrogens is 194 g/mol. The van der Waals surface area contributed by atoms with E-state index in [-0.39, 0.29) is 18.1 Å². The zero-order chi connectivity index (χ0) is 11.7. The number of unbranched alkanes of at least 4 members (excludes halogenated alkanes) is 1. The lowest BCUT2D eigenvalue weighted by Crippen LogP contribution is -2.34. The van der Waals surface area contributed by atoms with Crippen molar-refractivity contribution in [2.45, 2.75) is 45.8 Å². The molecule has 0 radical (unpaired) electrons. The summed E-state index contributed by atoms with van der Waals surface area (Å²) >= 11 is 0. The van der Waals surface area contributed by atoms with Gasteiger partial charge in [-0.3, -0.25) is 4.79 Å². The summed E-state index contributed by atoms with van der Waals surface area (Å²) in [6.07, 6.45) is 1.83. The highest BCUT2D eigenvalue weighted by atomic mass is 16.5. The summed E-state index contributed by atoms with van der Waals surface area (Å²) < 4.78 is 10.3. The first kappa shape index (κ1) is 14.4. The molecule has 4 heteroatoms. The smallest absolute Gasteiger partial charge is 0.248 e. The van der Waals surface area contributed by atoms with E-state index in [9.17, 15) is 4.79 Å². The van der Waals surface area contributed by atoms with E-state index in [2.05, 4.69) is 5.32 Å². The van der Waals surface area contributed by atoms with E-state index in [1.54, 1.807) is 6.92 Å². The van der Waals surface area contributed by atoms with Gasteiger partial charge < -0.3 is 14.8 Å². The molecule has 0 aromatic heterocycles. The summed E-state index contributed by atoms with van der Waals surface area (Å²) in [6.45, 7) is 7.21. The molecule has 1 amide bonds. The predicted molar refractivity (Wildman–Crippen MR) is 59.8 cm³/mol. The van der Waals surface area contributed by atoms with Crippen LogP contribution in [-0.2, 0) is 14.3 Å². The van der Waals surface area contributed by atoms with Crippen molar-refractivity contribution in [3.63, 3.8) is 0 Å². The van der Waals surface area contributed by atoms with Crippen molar-refractivity contribution in [2.24, 2.45) is 0 Å². The minimum absolute atomic E-state index is 0.0534. The molecule has 0 saturated carbocycles. The van der Waals surface area contributed by atoms with Gasteiger partial charge >= 0.3 is 0 Å². The van der Waals surface area contributed by atoms with Gasteiger partial charge in [-0.15, -0.1) is 0 Å². The molecule has 90 valence electrons. The number of methoxy groups -OCH3 is 1. The Balaban J connectivity index is 3.27. The van der Waals surface area contributed by atoms with Crippen LogP contribution in [0.15, 0.2) is 0 Å². The van der Waals surface area contributed by atoms with Crippen molar-refractivity contribution in [2.75, 3.05) is 20.3 Å². The second-order valence-electron chi connectivity index (χ2n) is 3.80. The van der Waals surface area contributed by atoms with Crippen molar-refractivity contribution in [1.29, 1.82) is 0 Å². The number of carbonyl (C=O) groups is 1. The summed E-state index contributed by atoms with van der Waals surface area (Å²) in [5.74, 6) is -0.0534. The van der Waals surface area contributed by atoms with E-state index in [0.29, 0.717) is 6.54 Å². The van der Waals surface area contributed by atoms with Crippen LogP contribution in [-0.4, -0.2) is 38.4 Å². The van der Waals surface area contributed by atoms with Crippen LogP contribution in [0.25, 0.3) is 0 Å². The van der Waals surface area contributed by atoms with Gasteiger partial charge in [0.15, 0.2) is 0 Å². The Kier molecular flexibility index (Phi) is 8.33. The normalized spacial score (nSPS) is 12.9. The molecule has 0 rings (SSSR count). The zero-order valence-electron chi connectivity index (χ0n) is 10.2. The van der Waals surface area contributed by atoms with Crippen LogP contribution >= 0.6 is 0 Å². The Morgan fingerprint density at radius 3 is 2.47 bits per heavy atom. The maximum absolute atomic E-state index is 11.2. The van der Waals surface area contributed by atoms with Crippen LogP contribution in [0.5, 0.6) is 0 Å². The third-order valence-electron chi connectivity index (χ3n) is 2.04. The summed E-state index contributed by atoms with van der Waals surface area (Å²) in [5.41, 5.74) is 0. The molecule has 0 aliphatic rings. The minimum atomic E-state index is -0.364. The predicted octanol–water partition coefficient (Wildman–Crippen LogP) is 1.34. The highest BCUT2D eigenvalue weighted by Gasteiger charge is 2.09. The maximum Gasteiger partial charge on any atom is 0.248 e. The molecule has 0 aliphatic heterocycles. The highest BCUT2D eigenvalue weighted by molar-refractivity contribution is 5.80. The first-order valence-corrected chi connectivity index (χ1v) is 5.50. The standard InChI is InChI=1S/C11H23NO3/c1-9(2)15-8-6-5-7-12-11(13)10(3)14-4/h9-10H,5-8H2,1-4H3,(H,12,13). The van der Waals surface area contributed by atoms with E-state index in [0.717, 1.165) is 19.4 Å². The number of nitrogens with one attached hydrogen (secondary N) is 1. The van der Waals surface area contributed by atoms with Crippen LogP contribution in [0.1, 0.15) is 33.6 Å². The molecule has 0 heterocycles. The number of amides is 1. The maximum atomic E-state index is 11.2. The first-order chi connectivity index (χ1) is 7.07. The molecule has 1 N–H and O–H groups in total. The molecule has 0 aromatic carbocycles. The number of hydrogen-bond acceptors (Lipinski definition) is 3. The van der Waals surface area contributed by atoms with Crippen LogP contribution in [0, 0.1) is 0 Å². The van der Waals surface area contributed by atoms with Crippen molar-refractivity contribution < 1.29 is 14.3 Å². The van der Waals surface area contributed by atoms with Crippen LogP contribution in [0.4, 0.5) is 0 Å². The molecule has 0 spiro atoms. The quantitative estimate of drug-likeness (QED) is 0.624. The van der Waals surface area contributed by atoms with Gasteiger partial charge in [-0.05, 0) is 33.6 Å². The fraction of sp³-hybridized carbons (Fsp3) is 0.909. The van der Waals surface area contributed by atoms with Crippen LogP contribution < -0.4 is 5.32 Å². The van der Waals surface area contributed by atoms with Gasteiger partial charge in [-0.1, -0.05) is 0 Å². The molecule has 1 atom stereocenters. The van der Waals surface area contributed by atoms with Gasteiger partial charge in [0.25, 0.3) is 0 Å². The van der Waals surface area contributed by atoms with Gasteiger partial charge in [0.1, 0.15) is 6.10 Å².